The smallest absolute Gasteiger partial charge is 0.220 e. The number of aromatic nitrogens is 2. The molecule has 0 saturated carbocycles. The van der Waals surface area contributed by atoms with E-state index in [4.69, 9.17) is 0 Å². The van der Waals surface area contributed by atoms with Crippen LogP contribution in [-0.2, 0) is 16.8 Å². The van der Waals surface area contributed by atoms with E-state index in [2.05, 4.69) is 53.5 Å². The van der Waals surface area contributed by atoms with Gasteiger partial charge in [0.15, 0.2) is 0 Å². The Morgan fingerprint density at radius 2 is 1.92 bits per heavy atom. The van der Waals surface area contributed by atoms with Gasteiger partial charge in [0, 0.05) is 54.5 Å². The number of anilines is 1. The lowest BCUT2D eigenvalue weighted by Gasteiger charge is -2.17. The molecule has 1 aliphatic heterocycles. The fourth-order valence-electron chi connectivity index (χ4n) is 2.87. The van der Waals surface area contributed by atoms with Crippen molar-refractivity contribution in [2.75, 3.05) is 11.9 Å². The van der Waals surface area contributed by atoms with Crippen LogP contribution in [0.3, 0.4) is 0 Å². The Hall–Kier alpha value is -2.43. The summed E-state index contributed by atoms with van der Waals surface area (Å²) in [5.74, 6) is 1.21. The van der Waals surface area contributed by atoms with E-state index in [1.165, 1.54) is 5.56 Å². The Morgan fingerprint density at radius 1 is 1.21 bits per heavy atom. The quantitative estimate of drug-likeness (QED) is 0.907. The first kappa shape index (κ1) is 16.4. The Balaban J connectivity index is 1.70. The average Bonchev–Trinajstić information content (AvgIpc) is 2.99. The van der Waals surface area contributed by atoms with E-state index >= 15 is 0 Å². The predicted octanol–water partition coefficient (Wildman–Crippen LogP) is 2.99. The predicted molar refractivity (Wildman–Crippen MR) is 94.9 cm³/mol. The highest BCUT2D eigenvalue weighted by atomic mass is 16.1. The van der Waals surface area contributed by atoms with Crippen LogP contribution >= 0.6 is 0 Å². The number of carbonyl (C=O) groups is 1. The number of para-hydroxylation sites is 1. The second-order valence-corrected chi connectivity index (χ2v) is 7.31. The third kappa shape index (κ3) is 3.72. The zero-order valence-corrected chi connectivity index (χ0v) is 14.5. The van der Waals surface area contributed by atoms with E-state index < -0.39 is 0 Å². The van der Waals surface area contributed by atoms with Crippen LogP contribution in [0.15, 0.2) is 36.7 Å². The molecule has 1 atom stereocenters. The lowest BCUT2D eigenvalue weighted by atomic mass is 9.95. The second-order valence-electron chi connectivity index (χ2n) is 7.31. The number of nitrogens with zero attached hydrogens (tertiary/aromatic N) is 2. The molecule has 0 spiro atoms. The van der Waals surface area contributed by atoms with Gasteiger partial charge in [-0.3, -0.25) is 4.79 Å². The third-order valence-corrected chi connectivity index (χ3v) is 4.24. The van der Waals surface area contributed by atoms with Crippen molar-refractivity contribution >= 4 is 11.6 Å². The molecule has 5 heteroatoms. The number of hydrogen-bond acceptors (Lipinski definition) is 4. The molecule has 1 saturated heterocycles. The van der Waals surface area contributed by atoms with Crippen molar-refractivity contribution in [1.82, 2.24) is 15.3 Å². The van der Waals surface area contributed by atoms with Gasteiger partial charge < -0.3 is 10.6 Å². The summed E-state index contributed by atoms with van der Waals surface area (Å²) in [5.41, 5.74) is 3.25. The summed E-state index contributed by atoms with van der Waals surface area (Å²) in [5, 5.41) is 6.36. The molecular weight excluding hydrogens is 300 g/mol. The maximum atomic E-state index is 11.5. The van der Waals surface area contributed by atoms with Crippen molar-refractivity contribution in [2.24, 2.45) is 0 Å². The Bertz CT molecular complexity index is 719. The summed E-state index contributed by atoms with van der Waals surface area (Å²) < 4.78 is 0. The molecule has 1 amide bonds. The number of hydrogen-bond donors (Lipinski definition) is 2. The minimum atomic E-state index is -0.0411. The van der Waals surface area contributed by atoms with Gasteiger partial charge in [0.2, 0.25) is 5.91 Å². The normalized spacial score (nSPS) is 17.6. The third-order valence-electron chi connectivity index (χ3n) is 4.24. The molecule has 3 rings (SSSR count). The maximum Gasteiger partial charge on any atom is 0.220 e. The molecule has 1 aliphatic rings. The largest absolute Gasteiger partial charge is 0.381 e. The van der Waals surface area contributed by atoms with Crippen LogP contribution in [-0.4, -0.2) is 22.4 Å². The number of benzene rings is 1. The van der Waals surface area contributed by atoms with Crippen molar-refractivity contribution in [3.8, 4) is 0 Å². The van der Waals surface area contributed by atoms with Crippen LogP contribution in [0.5, 0.6) is 0 Å². The SMILES string of the molecule is CC(C)(C)c1ncc(CNc2ccccc2C2CNC(=O)C2)cn1. The number of amides is 1. The van der Waals surface area contributed by atoms with Crippen LogP contribution in [0.25, 0.3) is 0 Å². The summed E-state index contributed by atoms with van der Waals surface area (Å²) in [6, 6.07) is 8.18. The zero-order chi connectivity index (χ0) is 17.2. The second kappa shape index (κ2) is 6.59. The van der Waals surface area contributed by atoms with Crippen LogP contribution in [0.4, 0.5) is 5.69 Å². The Labute approximate surface area is 142 Å². The highest BCUT2D eigenvalue weighted by molar-refractivity contribution is 5.80. The van der Waals surface area contributed by atoms with Gasteiger partial charge in [-0.25, -0.2) is 9.97 Å². The summed E-state index contributed by atoms with van der Waals surface area (Å²) in [7, 11) is 0. The van der Waals surface area contributed by atoms with Gasteiger partial charge in [0.1, 0.15) is 5.82 Å². The molecule has 24 heavy (non-hydrogen) atoms. The lowest BCUT2D eigenvalue weighted by molar-refractivity contribution is -0.119. The van der Waals surface area contributed by atoms with Crippen LogP contribution < -0.4 is 10.6 Å². The molecule has 0 radical (unpaired) electrons. The number of rotatable bonds is 4. The minimum Gasteiger partial charge on any atom is -0.381 e. The summed E-state index contributed by atoms with van der Waals surface area (Å²) in [4.78, 5) is 20.4. The van der Waals surface area contributed by atoms with Gasteiger partial charge in [0.05, 0.1) is 0 Å². The summed E-state index contributed by atoms with van der Waals surface area (Å²) in [6.07, 6.45) is 4.32. The fraction of sp³-hybridized carbons (Fsp3) is 0.421. The van der Waals surface area contributed by atoms with Gasteiger partial charge in [-0.05, 0) is 11.6 Å². The van der Waals surface area contributed by atoms with Crippen molar-refractivity contribution in [3.63, 3.8) is 0 Å². The number of nitrogens with one attached hydrogen (secondary N) is 2. The minimum absolute atomic E-state index is 0.0411. The van der Waals surface area contributed by atoms with Gasteiger partial charge >= 0.3 is 0 Å². The summed E-state index contributed by atoms with van der Waals surface area (Å²) >= 11 is 0. The maximum absolute atomic E-state index is 11.5. The van der Waals surface area contributed by atoms with Gasteiger partial charge in [-0.1, -0.05) is 39.0 Å². The topological polar surface area (TPSA) is 66.9 Å². The highest BCUT2D eigenvalue weighted by Gasteiger charge is 2.24. The Morgan fingerprint density at radius 3 is 2.54 bits per heavy atom. The molecule has 0 aliphatic carbocycles. The van der Waals surface area contributed by atoms with Crippen LogP contribution in [0, 0.1) is 0 Å². The number of carbonyl (C=O) groups excluding carboxylic acids is 1. The average molecular weight is 324 g/mol. The van der Waals surface area contributed by atoms with E-state index in [1.807, 2.05) is 24.5 Å². The van der Waals surface area contributed by atoms with Crippen LogP contribution in [0.1, 0.15) is 50.1 Å². The van der Waals surface area contributed by atoms with Crippen molar-refractivity contribution in [2.45, 2.75) is 45.1 Å². The first-order valence-corrected chi connectivity index (χ1v) is 8.34. The van der Waals surface area contributed by atoms with Crippen molar-refractivity contribution in [3.05, 3.63) is 53.6 Å². The first-order valence-electron chi connectivity index (χ1n) is 8.34. The molecule has 2 heterocycles. The Kier molecular flexibility index (Phi) is 4.51. The monoisotopic (exact) mass is 324 g/mol. The van der Waals surface area contributed by atoms with E-state index in [0.717, 1.165) is 17.1 Å². The van der Waals surface area contributed by atoms with E-state index in [-0.39, 0.29) is 17.2 Å². The standard InChI is InChI=1S/C19H24N4O/c1-19(2,3)18-22-10-13(11-23-18)9-20-16-7-5-4-6-15(16)14-8-17(24)21-12-14/h4-7,10-11,14,20H,8-9,12H2,1-3H3,(H,21,24). The van der Waals surface area contributed by atoms with Crippen molar-refractivity contribution in [1.29, 1.82) is 0 Å². The van der Waals surface area contributed by atoms with Gasteiger partial charge in [0.25, 0.3) is 0 Å². The molecule has 1 fully saturated rings. The molecule has 0 bridgehead atoms. The van der Waals surface area contributed by atoms with Gasteiger partial charge in [-0.15, -0.1) is 0 Å². The molecule has 5 nitrogen and oxygen atoms in total. The molecular formula is C19H24N4O. The summed E-state index contributed by atoms with van der Waals surface area (Å²) in [6.45, 7) is 7.69. The molecule has 2 aromatic rings. The first-order chi connectivity index (χ1) is 11.4. The fourth-order valence-corrected chi connectivity index (χ4v) is 2.87. The molecule has 1 unspecified atom stereocenters. The zero-order valence-electron chi connectivity index (χ0n) is 14.5. The van der Waals surface area contributed by atoms with E-state index in [9.17, 15) is 4.79 Å². The van der Waals surface area contributed by atoms with Crippen molar-refractivity contribution < 1.29 is 4.79 Å². The van der Waals surface area contributed by atoms with Gasteiger partial charge in [-0.2, -0.15) is 0 Å². The van der Waals surface area contributed by atoms with Crippen LogP contribution in [0.2, 0.25) is 0 Å². The molecule has 126 valence electrons. The molecule has 1 aromatic heterocycles. The molecule has 2 N–H and O–H groups in total. The van der Waals surface area contributed by atoms with E-state index in [0.29, 0.717) is 19.5 Å². The van der Waals surface area contributed by atoms with E-state index in [1.54, 1.807) is 0 Å². The molecule has 1 aromatic carbocycles. The highest BCUT2D eigenvalue weighted by Crippen LogP contribution is 2.29. The lowest BCUT2D eigenvalue weighted by Crippen LogP contribution is -2.16.